The van der Waals surface area contributed by atoms with E-state index in [-0.39, 0.29) is 18.6 Å². The summed E-state index contributed by atoms with van der Waals surface area (Å²) in [6.45, 7) is 6.09. The van der Waals surface area contributed by atoms with E-state index >= 15 is 0 Å². The zero-order chi connectivity index (χ0) is 14.0. The minimum Gasteiger partial charge on any atom is -0.396 e. The third kappa shape index (κ3) is 2.60. The molecule has 4 N–H and O–H groups in total. The lowest BCUT2D eigenvalue weighted by Gasteiger charge is -2.15. The first kappa shape index (κ1) is 13.5. The molecule has 0 amide bonds. The average molecular weight is 264 g/mol. The zero-order valence-electron chi connectivity index (χ0n) is 11.5. The molecule has 0 aromatic carbocycles. The molecule has 0 spiro atoms. The van der Waals surface area contributed by atoms with Crippen LogP contribution in [0.15, 0.2) is 6.07 Å². The van der Waals surface area contributed by atoms with E-state index in [1.807, 2.05) is 20.8 Å². The Morgan fingerprint density at radius 2 is 2.16 bits per heavy atom. The van der Waals surface area contributed by atoms with Crippen molar-refractivity contribution in [1.82, 2.24) is 19.8 Å². The predicted octanol–water partition coefficient (Wildman–Crippen LogP) is 1.01. The van der Waals surface area contributed by atoms with Gasteiger partial charge in [0.1, 0.15) is 5.82 Å². The van der Waals surface area contributed by atoms with E-state index in [0.717, 1.165) is 12.2 Å². The molecule has 2 aromatic heterocycles. The monoisotopic (exact) mass is 264 g/mol. The molecule has 0 fully saturated rings. The van der Waals surface area contributed by atoms with Gasteiger partial charge < -0.3 is 16.2 Å². The molecular weight excluding hydrogens is 244 g/mol. The molecular formula is C12H20N6O. The third-order valence-electron chi connectivity index (χ3n) is 3.00. The van der Waals surface area contributed by atoms with Crippen molar-refractivity contribution in [2.45, 2.75) is 39.2 Å². The molecule has 0 bridgehead atoms. The Morgan fingerprint density at radius 1 is 1.42 bits per heavy atom. The number of nitrogen functional groups attached to an aromatic ring is 1. The van der Waals surface area contributed by atoms with E-state index in [2.05, 4.69) is 20.6 Å². The van der Waals surface area contributed by atoms with Crippen molar-refractivity contribution in [2.24, 2.45) is 0 Å². The number of aliphatic hydroxyl groups is 1. The Labute approximate surface area is 111 Å². The maximum absolute atomic E-state index is 9.22. The van der Waals surface area contributed by atoms with Gasteiger partial charge in [-0.05, 0) is 6.42 Å². The van der Waals surface area contributed by atoms with Crippen LogP contribution in [-0.4, -0.2) is 37.6 Å². The number of anilines is 2. The van der Waals surface area contributed by atoms with Crippen LogP contribution in [0.1, 0.15) is 38.9 Å². The molecule has 19 heavy (non-hydrogen) atoms. The lowest BCUT2D eigenvalue weighted by Crippen LogP contribution is -2.24. The molecule has 2 rings (SSSR count). The Kier molecular flexibility index (Phi) is 3.84. The fourth-order valence-electron chi connectivity index (χ4n) is 1.84. The first-order valence-corrected chi connectivity index (χ1v) is 6.46. The highest BCUT2D eigenvalue weighted by molar-refractivity contribution is 5.67. The van der Waals surface area contributed by atoms with Gasteiger partial charge in [-0.3, -0.25) is 0 Å². The maximum Gasteiger partial charge on any atom is 0.200 e. The van der Waals surface area contributed by atoms with Crippen molar-refractivity contribution in [2.75, 3.05) is 17.7 Å². The number of hydrogen-bond donors (Lipinski definition) is 3. The first-order chi connectivity index (χ1) is 9.06. The lowest BCUT2D eigenvalue weighted by atomic mass is 10.2. The van der Waals surface area contributed by atoms with E-state index in [1.165, 1.54) is 0 Å². The van der Waals surface area contributed by atoms with E-state index in [0.29, 0.717) is 17.2 Å². The van der Waals surface area contributed by atoms with Gasteiger partial charge in [-0.25, -0.2) is 0 Å². The van der Waals surface area contributed by atoms with E-state index in [1.54, 1.807) is 10.6 Å². The summed E-state index contributed by atoms with van der Waals surface area (Å²) < 4.78 is 1.66. The molecule has 0 saturated carbocycles. The standard InChI is InChI=1S/C12H20N6O/c1-4-8(6-19)14-10-5-9(13)12-16-15-11(7(2)3)18(12)17-10/h5,7-8,19H,4,6,13H2,1-3H3,(H,14,17)/t8-/m1/s1. The summed E-state index contributed by atoms with van der Waals surface area (Å²) in [5.74, 6) is 1.59. The van der Waals surface area contributed by atoms with Crippen LogP contribution >= 0.6 is 0 Å². The van der Waals surface area contributed by atoms with Gasteiger partial charge in [0.05, 0.1) is 18.3 Å². The van der Waals surface area contributed by atoms with Gasteiger partial charge in [0, 0.05) is 12.0 Å². The molecule has 0 saturated heterocycles. The second-order valence-corrected chi connectivity index (χ2v) is 4.87. The van der Waals surface area contributed by atoms with E-state index < -0.39 is 0 Å². The highest BCUT2D eigenvalue weighted by Gasteiger charge is 2.15. The Balaban J connectivity index is 2.44. The molecule has 7 heteroatoms. The molecule has 0 aliphatic carbocycles. The molecule has 104 valence electrons. The number of rotatable bonds is 5. The number of aromatic nitrogens is 4. The summed E-state index contributed by atoms with van der Waals surface area (Å²) in [4.78, 5) is 0. The first-order valence-electron chi connectivity index (χ1n) is 6.46. The maximum atomic E-state index is 9.22. The summed E-state index contributed by atoms with van der Waals surface area (Å²) in [5, 5.41) is 25.0. The van der Waals surface area contributed by atoms with Gasteiger partial charge in [0.25, 0.3) is 0 Å². The molecule has 0 radical (unpaired) electrons. The van der Waals surface area contributed by atoms with Crippen molar-refractivity contribution >= 4 is 17.2 Å². The predicted molar refractivity (Wildman–Crippen MR) is 74.1 cm³/mol. The van der Waals surface area contributed by atoms with Crippen molar-refractivity contribution in [3.63, 3.8) is 0 Å². The van der Waals surface area contributed by atoms with Crippen LogP contribution < -0.4 is 11.1 Å². The van der Waals surface area contributed by atoms with Crippen LogP contribution in [0.25, 0.3) is 5.65 Å². The fourth-order valence-corrected chi connectivity index (χ4v) is 1.84. The second-order valence-electron chi connectivity index (χ2n) is 4.87. The van der Waals surface area contributed by atoms with Crippen molar-refractivity contribution in [3.05, 3.63) is 11.9 Å². The number of nitrogens with two attached hydrogens (primary N) is 1. The normalized spacial score (nSPS) is 13.1. The summed E-state index contributed by atoms with van der Waals surface area (Å²) in [6, 6.07) is 1.68. The van der Waals surface area contributed by atoms with Crippen LogP contribution in [0, 0.1) is 0 Å². The summed E-state index contributed by atoms with van der Waals surface area (Å²) >= 11 is 0. The molecule has 2 aromatic rings. The van der Waals surface area contributed by atoms with Crippen LogP contribution in [0.5, 0.6) is 0 Å². The largest absolute Gasteiger partial charge is 0.396 e. The van der Waals surface area contributed by atoms with Crippen LogP contribution in [-0.2, 0) is 0 Å². The van der Waals surface area contributed by atoms with Crippen LogP contribution in [0.3, 0.4) is 0 Å². The van der Waals surface area contributed by atoms with E-state index in [4.69, 9.17) is 5.73 Å². The Hall–Kier alpha value is -1.89. The third-order valence-corrected chi connectivity index (χ3v) is 3.00. The number of nitrogens with one attached hydrogen (secondary N) is 1. The Morgan fingerprint density at radius 3 is 2.74 bits per heavy atom. The van der Waals surface area contributed by atoms with Gasteiger partial charge in [0.2, 0.25) is 5.65 Å². The number of hydrogen-bond acceptors (Lipinski definition) is 6. The quantitative estimate of drug-likeness (QED) is 0.745. The number of fused-ring (bicyclic) bond motifs is 1. The summed E-state index contributed by atoms with van der Waals surface area (Å²) in [6.07, 6.45) is 0.801. The molecule has 1 atom stereocenters. The molecule has 0 unspecified atom stereocenters. The van der Waals surface area contributed by atoms with Gasteiger partial charge in [-0.15, -0.1) is 15.3 Å². The average Bonchev–Trinajstić information content (AvgIpc) is 2.80. The van der Waals surface area contributed by atoms with Crippen LogP contribution in [0.4, 0.5) is 11.5 Å². The van der Waals surface area contributed by atoms with Gasteiger partial charge in [-0.1, -0.05) is 20.8 Å². The highest BCUT2D eigenvalue weighted by Crippen LogP contribution is 2.20. The topological polar surface area (TPSA) is 101 Å². The molecule has 0 aliphatic heterocycles. The lowest BCUT2D eigenvalue weighted by molar-refractivity contribution is 0.271. The smallest absolute Gasteiger partial charge is 0.200 e. The minimum absolute atomic E-state index is 0.0386. The Bertz CT molecular complexity index is 561. The zero-order valence-corrected chi connectivity index (χ0v) is 11.5. The van der Waals surface area contributed by atoms with Crippen LogP contribution in [0.2, 0.25) is 0 Å². The van der Waals surface area contributed by atoms with Crippen molar-refractivity contribution < 1.29 is 5.11 Å². The second kappa shape index (κ2) is 5.40. The minimum atomic E-state index is -0.0386. The molecule has 2 heterocycles. The SMILES string of the molecule is CC[C@H](CO)Nc1cc(N)c2nnc(C(C)C)n2n1. The summed E-state index contributed by atoms with van der Waals surface area (Å²) in [5.41, 5.74) is 7.04. The van der Waals surface area contributed by atoms with Gasteiger partial charge in [0.15, 0.2) is 5.82 Å². The fraction of sp³-hybridized carbons (Fsp3) is 0.583. The van der Waals surface area contributed by atoms with Gasteiger partial charge >= 0.3 is 0 Å². The molecule has 7 nitrogen and oxygen atoms in total. The molecule has 0 aliphatic rings. The van der Waals surface area contributed by atoms with Crippen molar-refractivity contribution in [1.29, 1.82) is 0 Å². The summed E-state index contributed by atoms with van der Waals surface area (Å²) in [7, 11) is 0. The highest BCUT2D eigenvalue weighted by atomic mass is 16.3. The van der Waals surface area contributed by atoms with Crippen molar-refractivity contribution in [3.8, 4) is 0 Å². The van der Waals surface area contributed by atoms with Gasteiger partial charge in [-0.2, -0.15) is 4.52 Å². The van der Waals surface area contributed by atoms with E-state index in [9.17, 15) is 5.11 Å². The number of nitrogens with zero attached hydrogens (tertiary/aromatic N) is 4. The number of aliphatic hydroxyl groups excluding tert-OH is 1.